The molecule has 1 N–H and O–H groups in total. The van der Waals surface area contributed by atoms with Gasteiger partial charge in [-0.3, -0.25) is 9.59 Å². The number of likely N-dealkylation sites (tertiary alicyclic amines) is 2. The number of hydrogen-bond acceptors (Lipinski definition) is 5. The molecule has 0 radical (unpaired) electrons. The van der Waals surface area contributed by atoms with Crippen molar-refractivity contribution >= 4 is 11.8 Å². The Labute approximate surface area is 157 Å². The van der Waals surface area contributed by atoms with Gasteiger partial charge in [0.15, 0.2) is 5.69 Å². The van der Waals surface area contributed by atoms with E-state index < -0.39 is 5.41 Å². The third-order valence-electron chi connectivity index (χ3n) is 5.57. The fourth-order valence-electron chi connectivity index (χ4n) is 4.14. The molecule has 8 heteroatoms. The zero-order valence-corrected chi connectivity index (χ0v) is 15.1. The van der Waals surface area contributed by atoms with Gasteiger partial charge in [-0.2, -0.15) is 0 Å². The summed E-state index contributed by atoms with van der Waals surface area (Å²) >= 11 is 0. The Morgan fingerprint density at radius 3 is 2.78 bits per heavy atom. The summed E-state index contributed by atoms with van der Waals surface area (Å²) < 4.78 is 1.58. The van der Waals surface area contributed by atoms with Crippen molar-refractivity contribution in [3.05, 3.63) is 42.2 Å². The van der Waals surface area contributed by atoms with Crippen LogP contribution in [0.2, 0.25) is 0 Å². The average Bonchev–Trinajstić information content (AvgIpc) is 3.35. The van der Waals surface area contributed by atoms with Crippen LogP contribution in [0, 0.1) is 5.41 Å². The summed E-state index contributed by atoms with van der Waals surface area (Å²) in [7, 11) is 0. The molecule has 1 spiro atoms. The van der Waals surface area contributed by atoms with Crippen LogP contribution in [0.25, 0.3) is 5.69 Å². The van der Waals surface area contributed by atoms with E-state index in [0.717, 1.165) is 18.5 Å². The number of aromatic nitrogens is 3. The van der Waals surface area contributed by atoms with Gasteiger partial charge in [0, 0.05) is 26.2 Å². The van der Waals surface area contributed by atoms with E-state index in [0.29, 0.717) is 32.6 Å². The number of piperidine rings is 1. The molecular formula is C19H23N5O3. The van der Waals surface area contributed by atoms with Gasteiger partial charge in [-0.1, -0.05) is 23.4 Å². The molecule has 3 heterocycles. The van der Waals surface area contributed by atoms with Gasteiger partial charge in [0.1, 0.15) is 0 Å². The number of carbonyl (C=O) groups is 2. The lowest BCUT2D eigenvalue weighted by molar-refractivity contribution is -0.146. The van der Waals surface area contributed by atoms with Crippen LogP contribution in [-0.2, 0) is 4.79 Å². The lowest BCUT2D eigenvalue weighted by atomic mass is 9.78. The largest absolute Gasteiger partial charge is 0.395 e. The fraction of sp³-hybridized carbons (Fsp3) is 0.474. The quantitative estimate of drug-likeness (QED) is 0.857. The molecule has 0 aliphatic carbocycles. The first kappa shape index (κ1) is 17.7. The summed E-state index contributed by atoms with van der Waals surface area (Å²) in [6, 6.07) is 9.50. The van der Waals surface area contributed by atoms with Gasteiger partial charge in [-0.15, -0.1) is 5.10 Å². The second-order valence-corrected chi connectivity index (χ2v) is 7.26. The first-order chi connectivity index (χ1) is 13.1. The molecule has 1 aromatic heterocycles. The number of rotatable bonds is 4. The van der Waals surface area contributed by atoms with Gasteiger partial charge in [0.05, 0.1) is 23.9 Å². The molecule has 0 saturated carbocycles. The maximum atomic E-state index is 12.9. The first-order valence-electron chi connectivity index (χ1n) is 9.30. The van der Waals surface area contributed by atoms with Crippen molar-refractivity contribution in [2.45, 2.75) is 19.3 Å². The Morgan fingerprint density at radius 1 is 1.19 bits per heavy atom. The monoisotopic (exact) mass is 369 g/mol. The summed E-state index contributed by atoms with van der Waals surface area (Å²) in [6.07, 6.45) is 3.97. The molecule has 0 bridgehead atoms. The van der Waals surface area contributed by atoms with Crippen LogP contribution in [0.4, 0.5) is 0 Å². The minimum Gasteiger partial charge on any atom is -0.395 e. The summed E-state index contributed by atoms with van der Waals surface area (Å²) in [5.74, 6) is -0.132. The molecule has 2 aromatic rings. The Morgan fingerprint density at radius 2 is 2.00 bits per heavy atom. The Balaban J connectivity index is 1.48. The molecule has 2 aliphatic rings. The highest BCUT2D eigenvalue weighted by atomic mass is 16.3. The van der Waals surface area contributed by atoms with Gasteiger partial charge in [0.2, 0.25) is 5.91 Å². The number of aliphatic hydroxyl groups is 1. The number of hydrogen-bond donors (Lipinski definition) is 1. The molecule has 1 atom stereocenters. The van der Waals surface area contributed by atoms with E-state index in [1.54, 1.807) is 20.7 Å². The van der Waals surface area contributed by atoms with Gasteiger partial charge in [-0.05, 0) is 31.4 Å². The number of benzene rings is 1. The van der Waals surface area contributed by atoms with Crippen molar-refractivity contribution in [3.63, 3.8) is 0 Å². The molecular weight excluding hydrogens is 346 g/mol. The van der Waals surface area contributed by atoms with Crippen LogP contribution >= 0.6 is 0 Å². The van der Waals surface area contributed by atoms with Crippen molar-refractivity contribution in [3.8, 4) is 5.69 Å². The van der Waals surface area contributed by atoms with Crippen LogP contribution in [0.15, 0.2) is 36.5 Å². The second-order valence-electron chi connectivity index (χ2n) is 7.26. The van der Waals surface area contributed by atoms with Gasteiger partial charge in [-0.25, -0.2) is 4.68 Å². The van der Waals surface area contributed by atoms with Crippen LogP contribution < -0.4 is 0 Å². The van der Waals surface area contributed by atoms with E-state index >= 15 is 0 Å². The molecule has 1 aromatic carbocycles. The van der Waals surface area contributed by atoms with E-state index in [9.17, 15) is 14.7 Å². The molecule has 2 saturated heterocycles. The zero-order valence-electron chi connectivity index (χ0n) is 15.1. The second kappa shape index (κ2) is 7.11. The normalized spacial score (nSPS) is 22.6. The van der Waals surface area contributed by atoms with E-state index in [2.05, 4.69) is 10.3 Å². The first-order valence-corrected chi connectivity index (χ1v) is 9.30. The smallest absolute Gasteiger partial charge is 0.276 e. The van der Waals surface area contributed by atoms with E-state index in [1.807, 2.05) is 30.3 Å². The third kappa shape index (κ3) is 3.21. The van der Waals surface area contributed by atoms with E-state index in [4.69, 9.17) is 0 Å². The number of carbonyl (C=O) groups excluding carboxylic acids is 2. The highest BCUT2D eigenvalue weighted by molar-refractivity contribution is 5.93. The predicted octanol–water partition coefficient (Wildman–Crippen LogP) is 0.714. The number of para-hydroxylation sites is 1. The Hall–Kier alpha value is -2.74. The maximum Gasteiger partial charge on any atom is 0.276 e. The molecule has 2 fully saturated rings. The van der Waals surface area contributed by atoms with Crippen molar-refractivity contribution in [1.29, 1.82) is 0 Å². The van der Waals surface area contributed by atoms with Crippen LogP contribution in [0.3, 0.4) is 0 Å². The standard InChI is InChI=1S/C19H23N5O3/c25-12-11-22-9-4-7-19(18(22)27)8-10-23(14-19)17(26)16-13-24(21-20-16)15-5-2-1-3-6-15/h1-3,5-6,13,25H,4,7-12,14H2/t19-/m1/s1. The molecule has 142 valence electrons. The Kier molecular flexibility index (Phi) is 4.65. The molecule has 8 nitrogen and oxygen atoms in total. The number of nitrogens with zero attached hydrogens (tertiary/aromatic N) is 5. The summed E-state index contributed by atoms with van der Waals surface area (Å²) in [4.78, 5) is 29.2. The number of β-amino-alcohol motifs (C(OH)–C–C–N with tert-alkyl or cyclic N) is 1. The van der Waals surface area contributed by atoms with Crippen LogP contribution in [0.1, 0.15) is 29.8 Å². The summed E-state index contributed by atoms with van der Waals surface area (Å²) in [5, 5.41) is 17.3. The third-order valence-corrected chi connectivity index (χ3v) is 5.57. The average molecular weight is 369 g/mol. The number of amides is 2. The van der Waals surface area contributed by atoms with Crippen LogP contribution in [0.5, 0.6) is 0 Å². The molecule has 2 amide bonds. The van der Waals surface area contributed by atoms with Crippen molar-refractivity contribution in [2.24, 2.45) is 5.41 Å². The van der Waals surface area contributed by atoms with Crippen molar-refractivity contribution in [2.75, 3.05) is 32.8 Å². The molecule has 2 aliphatic heterocycles. The minimum atomic E-state index is -0.515. The van der Waals surface area contributed by atoms with Crippen LogP contribution in [-0.4, -0.2) is 74.5 Å². The lowest BCUT2D eigenvalue weighted by Gasteiger charge is -2.39. The Bertz CT molecular complexity index is 835. The van der Waals surface area contributed by atoms with E-state index in [1.165, 1.54) is 0 Å². The minimum absolute atomic E-state index is 0.0347. The van der Waals surface area contributed by atoms with Gasteiger partial charge < -0.3 is 14.9 Å². The highest BCUT2D eigenvalue weighted by Gasteiger charge is 2.49. The summed E-state index contributed by atoms with van der Waals surface area (Å²) in [6.45, 7) is 1.95. The zero-order chi connectivity index (χ0) is 18.9. The molecule has 4 rings (SSSR count). The van der Waals surface area contributed by atoms with Crippen molar-refractivity contribution < 1.29 is 14.7 Å². The fourth-order valence-corrected chi connectivity index (χ4v) is 4.14. The highest BCUT2D eigenvalue weighted by Crippen LogP contribution is 2.40. The maximum absolute atomic E-state index is 12.9. The van der Waals surface area contributed by atoms with Crippen molar-refractivity contribution in [1.82, 2.24) is 24.8 Å². The molecule has 0 unspecified atom stereocenters. The predicted molar refractivity (Wildman–Crippen MR) is 97.2 cm³/mol. The lowest BCUT2D eigenvalue weighted by Crippen LogP contribution is -2.51. The SMILES string of the molecule is O=C(c1cn(-c2ccccc2)nn1)N1CC[C@]2(CCCN(CCO)C2=O)C1. The summed E-state index contributed by atoms with van der Waals surface area (Å²) in [5.41, 5.74) is 0.605. The topological polar surface area (TPSA) is 91.6 Å². The van der Waals surface area contributed by atoms with Gasteiger partial charge in [0.25, 0.3) is 5.91 Å². The van der Waals surface area contributed by atoms with Gasteiger partial charge >= 0.3 is 0 Å². The van der Waals surface area contributed by atoms with E-state index in [-0.39, 0.29) is 24.1 Å². The molecule has 27 heavy (non-hydrogen) atoms. The number of aliphatic hydroxyl groups excluding tert-OH is 1.